The minimum absolute atomic E-state index is 0.212. The number of hydrogen-bond acceptors (Lipinski definition) is 5. The summed E-state index contributed by atoms with van der Waals surface area (Å²) in [4.78, 5) is 2.15. The van der Waals surface area contributed by atoms with E-state index in [-0.39, 0.29) is 6.61 Å². The number of nitrogens with zero attached hydrogens (tertiary/aromatic N) is 2. The molecule has 0 aliphatic carbocycles. The highest BCUT2D eigenvalue weighted by Gasteiger charge is 2.11. The van der Waals surface area contributed by atoms with Gasteiger partial charge in [-0.1, -0.05) is 13.8 Å². The summed E-state index contributed by atoms with van der Waals surface area (Å²) in [5.41, 5.74) is 0.584. The number of aliphatic hydroxyl groups is 1. The van der Waals surface area contributed by atoms with Gasteiger partial charge in [0.15, 0.2) is 0 Å². The largest absolute Gasteiger partial charge is 0.491 e. The number of nitriles is 1. The SMILES string of the molecule is CCC[S@](=O)CCCN(CC)C[C@@H](O)COc1ccc(C#N)cc1. The van der Waals surface area contributed by atoms with Crippen molar-refractivity contribution in [3.05, 3.63) is 29.8 Å². The molecule has 1 N–H and O–H groups in total. The molecule has 0 bridgehead atoms. The van der Waals surface area contributed by atoms with Crippen molar-refractivity contribution in [3.63, 3.8) is 0 Å². The Balaban J connectivity index is 2.28. The van der Waals surface area contributed by atoms with Crippen LogP contribution < -0.4 is 4.74 Å². The second-order valence-corrected chi connectivity index (χ2v) is 7.39. The molecule has 0 radical (unpaired) electrons. The lowest BCUT2D eigenvalue weighted by atomic mass is 10.2. The summed E-state index contributed by atoms with van der Waals surface area (Å²) in [6, 6.07) is 8.89. The van der Waals surface area contributed by atoms with E-state index < -0.39 is 16.9 Å². The zero-order chi connectivity index (χ0) is 17.8. The molecular formula is C18H28N2O3S. The Morgan fingerprint density at radius 3 is 2.58 bits per heavy atom. The molecule has 0 heterocycles. The minimum Gasteiger partial charge on any atom is -0.491 e. The van der Waals surface area contributed by atoms with Crippen molar-refractivity contribution >= 4 is 10.8 Å². The van der Waals surface area contributed by atoms with E-state index in [4.69, 9.17) is 10.00 Å². The van der Waals surface area contributed by atoms with Gasteiger partial charge in [0.1, 0.15) is 18.5 Å². The summed E-state index contributed by atoms with van der Waals surface area (Å²) in [6.45, 7) is 6.52. The zero-order valence-electron chi connectivity index (χ0n) is 14.6. The lowest BCUT2D eigenvalue weighted by molar-refractivity contribution is 0.0700. The predicted molar refractivity (Wildman–Crippen MR) is 97.6 cm³/mol. The van der Waals surface area contributed by atoms with Gasteiger partial charge in [0.2, 0.25) is 0 Å². The topological polar surface area (TPSA) is 73.6 Å². The molecular weight excluding hydrogens is 324 g/mol. The fraction of sp³-hybridized carbons (Fsp3) is 0.611. The monoisotopic (exact) mass is 352 g/mol. The lowest BCUT2D eigenvalue weighted by Gasteiger charge is -2.23. The molecule has 0 saturated heterocycles. The maximum atomic E-state index is 11.6. The molecule has 0 aromatic heterocycles. The Morgan fingerprint density at radius 1 is 1.29 bits per heavy atom. The molecule has 1 aromatic rings. The minimum atomic E-state index is -0.719. The molecule has 1 rings (SSSR count). The van der Waals surface area contributed by atoms with E-state index in [1.807, 2.05) is 6.92 Å². The lowest BCUT2D eigenvalue weighted by Crippen LogP contribution is -2.36. The van der Waals surface area contributed by atoms with Gasteiger partial charge >= 0.3 is 0 Å². The first kappa shape index (κ1) is 20.6. The molecule has 0 amide bonds. The fourth-order valence-corrected chi connectivity index (χ4v) is 3.44. The van der Waals surface area contributed by atoms with Crippen LogP contribution in [0.4, 0.5) is 0 Å². The second kappa shape index (κ2) is 12.0. The first-order chi connectivity index (χ1) is 11.6. The van der Waals surface area contributed by atoms with E-state index in [9.17, 15) is 9.32 Å². The van der Waals surface area contributed by atoms with Gasteiger partial charge in [-0.05, 0) is 50.2 Å². The third-order valence-corrected chi connectivity index (χ3v) is 5.23. The van der Waals surface area contributed by atoms with Crippen molar-refractivity contribution in [2.75, 3.05) is 37.7 Å². The van der Waals surface area contributed by atoms with Crippen molar-refractivity contribution in [1.82, 2.24) is 4.90 Å². The van der Waals surface area contributed by atoms with E-state index in [1.54, 1.807) is 24.3 Å². The van der Waals surface area contributed by atoms with Crippen LogP contribution in [0.5, 0.6) is 5.75 Å². The van der Waals surface area contributed by atoms with Gasteiger partial charge < -0.3 is 14.7 Å². The summed E-state index contributed by atoms with van der Waals surface area (Å²) >= 11 is 0. The molecule has 5 nitrogen and oxygen atoms in total. The highest BCUT2D eigenvalue weighted by atomic mass is 32.2. The molecule has 1 aromatic carbocycles. The van der Waals surface area contributed by atoms with Gasteiger partial charge in [-0.3, -0.25) is 4.21 Å². The van der Waals surface area contributed by atoms with Gasteiger partial charge in [-0.25, -0.2) is 0 Å². The molecule has 24 heavy (non-hydrogen) atoms. The van der Waals surface area contributed by atoms with Crippen molar-refractivity contribution < 1.29 is 14.1 Å². The molecule has 0 aliphatic heterocycles. The van der Waals surface area contributed by atoms with Crippen LogP contribution in [-0.4, -0.2) is 58.1 Å². The van der Waals surface area contributed by atoms with Crippen LogP contribution in [0.1, 0.15) is 32.3 Å². The third kappa shape index (κ3) is 8.44. The molecule has 0 spiro atoms. The smallest absolute Gasteiger partial charge is 0.119 e. The number of benzene rings is 1. The Bertz CT molecular complexity index is 528. The Labute approximate surface area is 147 Å². The van der Waals surface area contributed by atoms with Crippen LogP contribution in [0.3, 0.4) is 0 Å². The molecule has 2 atom stereocenters. The van der Waals surface area contributed by atoms with E-state index >= 15 is 0 Å². The number of aliphatic hydroxyl groups excluding tert-OH is 1. The molecule has 134 valence electrons. The zero-order valence-corrected chi connectivity index (χ0v) is 15.4. The van der Waals surface area contributed by atoms with Crippen LogP contribution in [0.25, 0.3) is 0 Å². The van der Waals surface area contributed by atoms with Crippen molar-refractivity contribution in [2.24, 2.45) is 0 Å². The summed E-state index contributed by atoms with van der Waals surface area (Å²) in [5, 5.41) is 18.9. The summed E-state index contributed by atoms with van der Waals surface area (Å²) < 4.78 is 17.2. The standard InChI is InChI=1S/C18H28N2O3S/c1-3-11-24(22)12-5-10-20(4-2)14-17(21)15-23-18-8-6-16(13-19)7-9-18/h6-9,17,21H,3-5,10-12,14-15H2,1-2H3/t17-,24+/m1/s1. The maximum Gasteiger partial charge on any atom is 0.119 e. The number of hydrogen-bond donors (Lipinski definition) is 1. The number of likely N-dealkylation sites (N-methyl/N-ethyl adjacent to an activating group) is 1. The van der Waals surface area contributed by atoms with Gasteiger partial charge in [0.05, 0.1) is 11.6 Å². The summed E-state index contributed by atoms with van der Waals surface area (Å²) in [6.07, 6.45) is 1.25. The second-order valence-electron chi connectivity index (χ2n) is 5.70. The van der Waals surface area contributed by atoms with Crippen molar-refractivity contribution in [1.29, 1.82) is 5.26 Å². The van der Waals surface area contributed by atoms with E-state index in [0.717, 1.165) is 37.4 Å². The molecule has 0 aliphatic rings. The fourth-order valence-electron chi connectivity index (χ4n) is 2.33. The van der Waals surface area contributed by atoms with Crippen molar-refractivity contribution in [3.8, 4) is 11.8 Å². The highest BCUT2D eigenvalue weighted by molar-refractivity contribution is 7.84. The maximum absolute atomic E-state index is 11.6. The average molecular weight is 353 g/mol. The van der Waals surface area contributed by atoms with Crippen molar-refractivity contribution in [2.45, 2.75) is 32.8 Å². The third-order valence-electron chi connectivity index (χ3n) is 3.62. The number of ether oxygens (including phenoxy) is 1. The average Bonchev–Trinajstić information content (AvgIpc) is 2.59. The summed E-state index contributed by atoms with van der Waals surface area (Å²) in [5.74, 6) is 2.14. The van der Waals surface area contributed by atoms with Crippen LogP contribution in [-0.2, 0) is 10.8 Å². The van der Waals surface area contributed by atoms with Crippen LogP contribution in [0.15, 0.2) is 24.3 Å². The van der Waals surface area contributed by atoms with E-state index in [2.05, 4.69) is 17.9 Å². The predicted octanol–water partition coefficient (Wildman–Crippen LogP) is 2.17. The first-order valence-electron chi connectivity index (χ1n) is 8.47. The Hall–Kier alpha value is -1.42. The number of rotatable bonds is 12. The molecule has 6 heteroatoms. The highest BCUT2D eigenvalue weighted by Crippen LogP contribution is 2.12. The molecule has 0 unspecified atom stereocenters. The molecule has 0 fully saturated rings. The van der Waals surface area contributed by atoms with Crippen LogP contribution in [0.2, 0.25) is 0 Å². The van der Waals surface area contributed by atoms with Gasteiger partial charge in [-0.2, -0.15) is 5.26 Å². The van der Waals surface area contributed by atoms with Gasteiger partial charge in [0.25, 0.3) is 0 Å². The van der Waals surface area contributed by atoms with E-state index in [1.165, 1.54) is 0 Å². The molecule has 0 saturated carbocycles. The Morgan fingerprint density at radius 2 is 2.00 bits per heavy atom. The van der Waals surface area contributed by atoms with E-state index in [0.29, 0.717) is 17.9 Å². The first-order valence-corrected chi connectivity index (χ1v) is 9.96. The normalized spacial score (nSPS) is 13.5. The van der Waals surface area contributed by atoms with Gasteiger partial charge in [-0.15, -0.1) is 0 Å². The van der Waals surface area contributed by atoms with Gasteiger partial charge in [0, 0.05) is 28.9 Å². The van der Waals surface area contributed by atoms with Crippen LogP contribution >= 0.6 is 0 Å². The Kier molecular flexibility index (Phi) is 10.3. The van der Waals surface area contributed by atoms with Crippen LogP contribution in [0, 0.1) is 11.3 Å². The quantitative estimate of drug-likeness (QED) is 0.624. The summed E-state index contributed by atoms with van der Waals surface area (Å²) in [7, 11) is -0.719.